The average molecular weight is 335 g/mol. The van der Waals surface area contributed by atoms with Crippen LogP contribution in [0.15, 0.2) is 16.9 Å². The molecule has 0 saturated carbocycles. The zero-order valence-electron chi connectivity index (χ0n) is 15.0. The number of aromatic amines is 1. The molecule has 0 unspecified atom stereocenters. The SMILES string of the molecule is CCCC[C@@H]1CN(C(=O)CCc2ccc(=O)[nH]n2)C[C@H](C(C)C)O1. The summed E-state index contributed by atoms with van der Waals surface area (Å²) in [7, 11) is 0. The van der Waals surface area contributed by atoms with Crippen LogP contribution in [0.25, 0.3) is 0 Å². The van der Waals surface area contributed by atoms with E-state index < -0.39 is 0 Å². The number of nitrogens with one attached hydrogen (secondary N) is 1. The number of unbranched alkanes of at least 4 members (excludes halogenated alkanes) is 1. The predicted octanol–water partition coefficient (Wildman–Crippen LogP) is 2.14. The van der Waals surface area contributed by atoms with Crippen LogP contribution in [-0.2, 0) is 16.0 Å². The lowest BCUT2D eigenvalue weighted by Crippen LogP contribution is -2.51. The Bertz CT molecular complexity index is 565. The molecule has 1 N–H and O–H groups in total. The fourth-order valence-electron chi connectivity index (χ4n) is 2.94. The van der Waals surface area contributed by atoms with Crippen molar-refractivity contribution < 1.29 is 9.53 Å². The molecule has 134 valence electrons. The van der Waals surface area contributed by atoms with E-state index in [0.717, 1.165) is 25.0 Å². The normalized spacial score (nSPS) is 21.2. The average Bonchev–Trinajstić information content (AvgIpc) is 2.58. The van der Waals surface area contributed by atoms with E-state index in [4.69, 9.17) is 4.74 Å². The third-order valence-corrected chi connectivity index (χ3v) is 4.50. The molecule has 0 aliphatic carbocycles. The number of morpholine rings is 1. The van der Waals surface area contributed by atoms with Gasteiger partial charge in [0.1, 0.15) is 0 Å². The summed E-state index contributed by atoms with van der Waals surface area (Å²) in [6.45, 7) is 7.79. The molecule has 6 nitrogen and oxygen atoms in total. The summed E-state index contributed by atoms with van der Waals surface area (Å²) in [5.41, 5.74) is 0.510. The number of rotatable bonds is 7. The lowest BCUT2D eigenvalue weighted by Gasteiger charge is -2.40. The summed E-state index contributed by atoms with van der Waals surface area (Å²) >= 11 is 0. The Hall–Kier alpha value is -1.69. The van der Waals surface area contributed by atoms with Crippen LogP contribution in [-0.4, -0.2) is 46.3 Å². The van der Waals surface area contributed by atoms with Gasteiger partial charge in [0.15, 0.2) is 0 Å². The highest BCUT2D eigenvalue weighted by Gasteiger charge is 2.31. The molecule has 0 aromatic carbocycles. The second-order valence-electron chi connectivity index (χ2n) is 6.89. The molecule has 1 aliphatic heterocycles. The largest absolute Gasteiger partial charge is 0.371 e. The van der Waals surface area contributed by atoms with E-state index in [1.165, 1.54) is 6.07 Å². The van der Waals surface area contributed by atoms with Crippen molar-refractivity contribution in [3.05, 3.63) is 28.2 Å². The molecule has 0 bridgehead atoms. The molecule has 2 rings (SSSR count). The number of aryl methyl sites for hydroxylation is 1. The summed E-state index contributed by atoms with van der Waals surface area (Å²) < 4.78 is 6.16. The van der Waals surface area contributed by atoms with Crippen LogP contribution >= 0.6 is 0 Å². The van der Waals surface area contributed by atoms with E-state index in [0.29, 0.717) is 31.8 Å². The number of amides is 1. The Morgan fingerprint density at radius 2 is 2.21 bits per heavy atom. The zero-order chi connectivity index (χ0) is 17.5. The van der Waals surface area contributed by atoms with Gasteiger partial charge in [-0.15, -0.1) is 0 Å². The van der Waals surface area contributed by atoms with Crippen LogP contribution in [0.2, 0.25) is 0 Å². The Kier molecular flexibility index (Phi) is 6.97. The van der Waals surface area contributed by atoms with Crippen molar-refractivity contribution in [2.45, 2.75) is 65.1 Å². The topological polar surface area (TPSA) is 75.3 Å². The van der Waals surface area contributed by atoms with Gasteiger partial charge in [0.05, 0.1) is 17.9 Å². The third-order valence-electron chi connectivity index (χ3n) is 4.50. The molecule has 2 heterocycles. The Balaban J connectivity index is 1.92. The second-order valence-corrected chi connectivity index (χ2v) is 6.89. The molecule has 0 spiro atoms. The number of hydrogen-bond donors (Lipinski definition) is 1. The maximum Gasteiger partial charge on any atom is 0.264 e. The molecule has 6 heteroatoms. The minimum Gasteiger partial charge on any atom is -0.371 e. The smallest absolute Gasteiger partial charge is 0.264 e. The van der Waals surface area contributed by atoms with Crippen molar-refractivity contribution in [1.29, 1.82) is 0 Å². The van der Waals surface area contributed by atoms with Gasteiger partial charge in [-0.3, -0.25) is 9.59 Å². The van der Waals surface area contributed by atoms with E-state index >= 15 is 0 Å². The van der Waals surface area contributed by atoms with Crippen molar-refractivity contribution in [1.82, 2.24) is 15.1 Å². The first kappa shape index (κ1) is 18.6. The first-order chi connectivity index (χ1) is 11.5. The molecule has 1 aromatic heterocycles. The summed E-state index contributed by atoms with van der Waals surface area (Å²) in [5, 5.41) is 6.37. The number of aromatic nitrogens is 2. The van der Waals surface area contributed by atoms with Crippen LogP contribution in [0.4, 0.5) is 0 Å². The first-order valence-corrected chi connectivity index (χ1v) is 8.97. The summed E-state index contributed by atoms with van der Waals surface area (Å²) in [4.78, 5) is 25.6. The zero-order valence-corrected chi connectivity index (χ0v) is 15.0. The maximum atomic E-state index is 12.6. The van der Waals surface area contributed by atoms with Crippen LogP contribution in [0, 0.1) is 5.92 Å². The molecule has 1 aliphatic rings. The van der Waals surface area contributed by atoms with Gasteiger partial charge in [-0.25, -0.2) is 5.10 Å². The van der Waals surface area contributed by atoms with E-state index in [-0.39, 0.29) is 23.7 Å². The standard InChI is InChI=1S/C18H29N3O3/c1-4-5-6-15-11-21(12-16(24-15)13(2)3)18(23)10-8-14-7-9-17(22)20-19-14/h7,9,13,15-16H,4-6,8,10-12H2,1-3H3,(H,20,22)/t15-,16-/m1/s1. The van der Waals surface area contributed by atoms with Gasteiger partial charge in [-0.2, -0.15) is 5.10 Å². The van der Waals surface area contributed by atoms with Crippen molar-refractivity contribution in [3.63, 3.8) is 0 Å². The van der Waals surface area contributed by atoms with Crippen LogP contribution in [0.5, 0.6) is 0 Å². The van der Waals surface area contributed by atoms with Crippen LogP contribution in [0.1, 0.15) is 52.1 Å². The quantitative estimate of drug-likeness (QED) is 0.828. The summed E-state index contributed by atoms with van der Waals surface area (Å²) in [6.07, 6.45) is 4.46. The van der Waals surface area contributed by atoms with Gasteiger partial charge in [0.25, 0.3) is 5.56 Å². The lowest BCUT2D eigenvalue weighted by atomic mass is 10.0. The van der Waals surface area contributed by atoms with Gasteiger partial charge in [-0.05, 0) is 18.4 Å². The molecule has 1 amide bonds. The Morgan fingerprint density at radius 1 is 1.42 bits per heavy atom. The van der Waals surface area contributed by atoms with E-state index in [1.54, 1.807) is 6.07 Å². The van der Waals surface area contributed by atoms with E-state index in [2.05, 4.69) is 31.0 Å². The van der Waals surface area contributed by atoms with Crippen molar-refractivity contribution >= 4 is 5.91 Å². The summed E-state index contributed by atoms with van der Waals surface area (Å²) in [6, 6.07) is 3.11. The third kappa shape index (κ3) is 5.44. The lowest BCUT2D eigenvalue weighted by molar-refractivity contribution is -0.150. The van der Waals surface area contributed by atoms with Crippen molar-refractivity contribution in [2.75, 3.05) is 13.1 Å². The van der Waals surface area contributed by atoms with E-state index in [9.17, 15) is 9.59 Å². The highest BCUT2D eigenvalue weighted by Crippen LogP contribution is 2.21. The maximum absolute atomic E-state index is 12.6. The molecule has 2 atom stereocenters. The highest BCUT2D eigenvalue weighted by molar-refractivity contribution is 5.76. The Morgan fingerprint density at radius 3 is 2.83 bits per heavy atom. The van der Waals surface area contributed by atoms with Gasteiger partial charge in [0.2, 0.25) is 5.91 Å². The molecular formula is C18H29N3O3. The number of carbonyl (C=O) groups excluding carboxylic acids is 1. The van der Waals surface area contributed by atoms with Gasteiger partial charge in [0, 0.05) is 32.0 Å². The van der Waals surface area contributed by atoms with Crippen LogP contribution < -0.4 is 5.56 Å². The number of carbonyl (C=O) groups is 1. The van der Waals surface area contributed by atoms with Gasteiger partial charge < -0.3 is 9.64 Å². The van der Waals surface area contributed by atoms with Gasteiger partial charge in [-0.1, -0.05) is 33.6 Å². The predicted molar refractivity (Wildman–Crippen MR) is 92.8 cm³/mol. The van der Waals surface area contributed by atoms with Crippen molar-refractivity contribution in [2.24, 2.45) is 5.92 Å². The summed E-state index contributed by atoms with van der Waals surface area (Å²) in [5.74, 6) is 0.532. The van der Waals surface area contributed by atoms with Crippen molar-refractivity contribution in [3.8, 4) is 0 Å². The van der Waals surface area contributed by atoms with Crippen LogP contribution in [0.3, 0.4) is 0 Å². The molecular weight excluding hydrogens is 306 g/mol. The molecule has 1 saturated heterocycles. The number of ether oxygens (including phenoxy) is 1. The monoisotopic (exact) mass is 335 g/mol. The van der Waals surface area contributed by atoms with Gasteiger partial charge >= 0.3 is 0 Å². The number of nitrogens with zero attached hydrogens (tertiary/aromatic N) is 2. The highest BCUT2D eigenvalue weighted by atomic mass is 16.5. The minimum atomic E-state index is -0.225. The minimum absolute atomic E-state index is 0.107. The Labute approximate surface area is 143 Å². The molecule has 0 radical (unpaired) electrons. The number of H-pyrrole nitrogens is 1. The second kappa shape index (κ2) is 8.97. The van der Waals surface area contributed by atoms with E-state index in [1.807, 2.05) is 4.90 Å². The molecule has 1 aromatic rings. The fraction of sp³-hybridized carbons (Fsp3) is 0.722. The first-order valence-electron chi connectivity index (χ1n) is 8.97. The number of hydrogen-bond acceptors (Lipinski definition) is 4. The molecule has 24 heavy (non-hydrogen) atoms. The fourth-order valence-corrected chi connectivity index (χ4v) is 2.94. The molecule has 1 fully saturated rings.